The Labute approximate surface area is 57.5 Å². The van der Waals surface area contributed by atoms with Gasteiger partial charge < -0.3 is 4.98 Å². The zero-order valence-electron chi connectivity index (χ0n) is 4.94. The van der Waals surface area contributed by atoms with Crippen molar-refractivity contribution < 1.29 is 0 Å². The molecule has 3 heteroatoms. The predicted molar refractivity (Wildman–Crippen MR) is 36.8 cm³/mol. The van der Waals surface area contributed by atoms with Crippen LogP contribution in [0.25, 0.3) is 0 Å². The molecular formula is C6H6ClNO. The number of H-pyrrole nitrogens is 1. The van der Waals surface area contributed by atoms with Crippen LogP contribution in [0, 0.1) is 6.92 Å². The summed E-state index contributed by atoms with van der Waals surface area (Å²) in [6, 6.07) is 1.36. The van der Waals surface area contributed by atoms with E-state index in [4.69, 9.17) is 11.6 Å². The first kappa shape index (κ1) is 6.36. The average Bonchev–Trinajstić information content (AvgIpc) is 1.80. The fourth-order valence-electron chi connectivity index (χ4n) is 0.519. The van der Waals surface area contributed by atoms with Crippen molar-refractivity contribution in [1.29, 1.82) is 0 Å². The van der Waals surface area contributed by atoms with Gasteiger partial charge in [-0.2, -0.15) is 0 Å². The second-order valence-electron chi connectivity index (χ2n) is 1.83. The molecule has 0 aliphatic heterocycles. The molecule has 0 unspecified atom stereocenters. The van der Waals surface area contributed by atoms with Crippen LogP contribution in [0.3, 0.4) is 0 Å². The van der Waals surface area contributed by atoms with Crippen molar-refractivity contribution in [2.75, 3.05) is 0 Å². The van der Waals surface area contributed by atoms with Gasteiger partial charge in [0.1, 0.15) is 5.15 Å². The molecule has 1 heterocycles. The molecule has 0 aliphatic carbocycles. The van der Waals surface area contributed by atoms with Crippen LogP contribution in [0.2, 0.25) is 5.15 Å². The number of rotatable bonds is 0. The fraction of sp³-hybridized carbons (Fsp3) is 0.167. The molecule has 0 fully saturated rings. The molecule has 1 rings (SSSR count). The van der Waals surface area contributed by atoms with Crippen molar-refractivity contribution in [3.8, 4) is 0 Å². The Kier molecular flexibility index (Phi) is 1.58. The number of pyridine rings is 1. The molecule has 0 aromatic carbocycles. The minimum absolute atomic E-state index is 0.0289. The highest BCUT2D eigenvalue weighted by Crippen LogP contribution is 1.97. The first-order valence-corrected chi connectivity index (χ1v) is 2.93. The molecule has 2 nitrogen and oxygen atoms in total. The van der Waals surface area contributed by atoms with Gasteiger partial charge in [0, 0.05) is 17.8 Å². The molecule has 0 bridgehead atoms. The first-order chi connectivity index (χ1) is 4.20. The number of hydrogen-bond acceptors (Lipinski definition) is 1. The van der Waals surface area contributed by atoms with Crippen LogP contribution < -0.4 is 5.43 Å². The summed E-state index contributed by atoms with van der Waals surface area (Å²) in [5, 5.41) is 0.380. The molecule has 48 valence electrons. The predicted octanol–water partition coefficient (Wildman–Crippen LogP) is 1.34. The molecule has 1 aromatic heterocycles. The van der Waals surface area contributed by atoms with Gasteiger partial charge in [-0.05, 0) is 6.92 Å². The Morgan fingerprint density at radius 1 is 1.67 bits per heavy atom. The van der Waals surface area contributed by atoms with Crippen LogP contribution >= 0.6 is 11.6 Å². The van der Waals surface area contributed by atoms with Gasteiger partial charge in [-0.3, -0.25) is 4.79 Å². The van der Waals surface area contributed by atoms with E-state index in [1.807, 2.05) is 0 Å². The standard InChI is InChI=1S/C6H6ClNO/c1-4-3-8-6(7)2-5(4)9/h2-3H,1H3,(H,8,9). The lowest BCUT2D eigenvalue weighted by molar-refractivity contribution is 1.23. The molecule has 0 spiro atoms. The van der Waals surface area contributed by atoms with Crippen molar-refractivity contribution in [2.24, 2.45) is 0 Å². The molecule has 9 heavy (non-hydrogen) atoms. The third kappa shape index (κ3) is 1.33. The van der Waals surface area contributed by atoms with Gasteiger partial charge in [0.15, 0.2) is 5.43 Å². The molecule has 0 atom stereocenters. The van der Waals surface area contributed by atoms with Crippen LogP contribution in [0.1, 0.15) is 5.56 Å². The fourth-order valence-corrected chi connectivity index (χ4v) is 0.673. The lowest BCUT2D eigenvalue weighted by Gasteiger charge is -1.89. The maximum absolute atomic E-state index is 10.7. The molecular weight excluding hydrogens is 138 g/mol. The zero-order chi connectivity index (χ0) is 6.85. The van der Waals surface area contributed by atoms with E-state index in [2.05, 4.69) is 4.98 Å². The third-order valence-corrected chi connectivity index (χ3v) is 1.29. The second-order valence-corrected chi connectivity index (χ2v) is 2.24. The topological polar surface area (TPSA) is 32.9 Å². The largest absolute Gasteiger partial charge is 0.352 e. The van der Waals surface area contributed by atoms with Gasteiger partial charge >= 0.3 is 0 Å². The van der Waals surface area contributed by atoms with Crippen LogP contribution in [0.5, 0.6) is 0 Å². The summed E-state index contributed by atoms with van der Waals surface area (Å²) in [5.41, 5.74) is 0.651. The highest BCUT2D eigenvalue weighted by molar-refractivity contribution is 6.29. The van der Waals surface area contributed by atoms with Gasteiger partial charge in [0.2, 0.25) is 0 Å². The Hall–Kier alpha value is -0.760. The van der Waals surface area contributed by atoms with Gasteiger partial charge in [-0.1, -0.05) is 11.6 Å². The highest BCUT2D eigenvalue weighted by Gasteiger charge is 1.90. The Balaban J connectivity index is 3.34. The first-order valence-electron chi connectivity index (χ1n) is 2.55. The molecule has 0 saturated carbocycles. The smallest absolute Gasteiger partial charge is 0.185 e. The lowest BCUT2D eigenvalue weighted by Crippen LogP contribution is -2.02. The van der Waals surface area contributed by atoms with Gasteiger partial charge in [0.05, 0.1) is 0 Å². The van der Waals surface area contributed by atoms with E-state index < -0.39 is 0 Å². The summed E-state index contributed by atoms with van der Waals surface area (Å²) in [6.45, 7) is 1.73. The number of aromatic nitrogens is 1. The minimum Gasteiger partial charge on any atom is -0.352 e. The lowest BCUT2D eigenvalue weighted by atomic mass is 10.3. The maximum atomic E-state index is 10.7. The van der Waals surface area contributed by atoms with Gasteiger partial charge in [-0.15, -0.1) is 0 Å². The Morgan fingerprint density at radius 2 is 2.33 bits per heavy atom. The van der Waals surface area contributed by atoms with Crippen molar-refractivity contribution in [3.63, 3.8) is 0 Å². The number of nitrogens with one attached hydrogen (secondary N) is 1. The van der Waals surface area contributed by atoms with E-state index in [0.29, 0.717) is 10.7 Å². The average molecular weight is 144 g/mol. The van der Waals surface area contributed by atoms with E-state index in [0.717, 1.165) is 0 Å². The third-order valence-electron chi connectivity index (χ3n) is 1.07. The molecule has 0 amide bonds. The minimum atomic E-state index is -0.0289. The monoisotopic (exact) mass is 143 g/mol. The van der Waals surface area contributed by atoms with Crippen LogP contribution in [-0.4, -0.2) is 4.98 Å². The molecule has 1 N–H and O–H groups in total. The van der Waals surface area contributed by atoms with Gasteiger partial charge in [-0.25, -0.2) is 0 Å². The Morgan fingerprint density at radius 3 is 2.78 bits per heavy atom. The van der Waals surface area contributed by atoms with E-state index in [9.17, 15) is 4.79 Å². The molecule has 1 aromatic rings. The number of aromatic amines is 1. The van der Waals surface area contributed by atoms with Crippen LogP contribution in [-0.2, 0) is 0 Å². The van der Waals surface area contributed by atoms with Gasteiger partial charge in [0.25, 0.3) is 0 Å². The van der Waals surface area contributed by atoms with Crippen molar-refractivity contribution in [1.82, 2.24) is 4.98 Å². The van der Waals surface area contributed by atoms with E-state index in [1.54, 1.807) is 13.1 Å². The zero-order valence-corrected chi connectivity index (χ0v) is 5.70. The van der Waals surface area contributed by atoms with Crippen LogP contribution in [0.15, 0.2) is 17.1 Å². The van der Waals surface area contributed by atoms with Crippen molar-refractivity contribution in [3.05, 3.63) is 33.2 Å². The molecule has 0 radical (unpaired) electrons. The summed E-state index contributed by atoms with van der Waals surface area (Å²) in [7, 11) is 0. The number of aryl methyl sites for hydroxylation is 1. The highest BCUT2D eigenvalue weighted by atomic mass is 35.5. The normalized spacial score (nSPS) is 9.56. The van der Waals surface area contributed by atoms with Crippen molar-refractivity contribution in [2.45, 2.75) is 6.92 Å². The van der Waals surface area contributed by atoms with E-state index in [-0.39, 0.29) is 5.43 Å². The summed E-state index contributed by atoms with van der Waals surface area (Å²) >= 11 is 5.46. The SMILES string of the molecule is Cc1c[nH]c(Cl)cc1=O. The summed E-state index contributed by atoms with van der Waals surface area (Å²) < 4.78 is 0. The molecule has 0 saturated heterocycles. The Bertz CT molecular complexity index is 266. The summed E-state index contributed by atoms with van der Waals surface area (Å²) in [5.74, 6) is 0. The summed E-state index contributed by atoms with van der Waals surface area (Å²) in [6.07, 6.45) is 1.59. The van der Waals surface area contributed by atoms with Crippen molar-refractivity contribution >= 4 is 11.6 Å². The summed E-state index contributed by atoms with van der Waals surface area (Å²) in [4.78, 5) is 13.4. The van der Waals surface area contributed by atoms with Crippen LogP contribution in [0.4, 0.5) is 0 Å². The van der Waals surface area contributed by atoms with E-state index >= 15 is 0 Å². The van der Waals surface area contributed by atoms with E-state index in [1.165, 1.54) is 6.07 Å². The maximum Gasteiger partial charge on any atom is 0.185 e. The molecule has 0 aliphatic rings. The quantitative estimate of drug-likeness (QED) is 0.547. The number of halogens is 1. The number of hydrogen-bond donors (Lipinski definition) is 1. The second kappa shape index (κ2) is 2.23.